The van der Waals surface area contributed by atoms with Crippen molar-refractivity contribution >= 4 is 5.82 Å². The van der Waals surface area contributed by atoms with Gasteiger partial charge in [0.05, 0.1) is 5.69 Å². The van der Waals surface area contributed by atoms with Crippen LogP contribution in [0.2, 0.25) is 0 Å². The molecule has 2 saturated heterocycles. The van der Waals surface area contributed by atoms with E-state index in [2.05, 4.69) is 62.3 Å². The fourth-order valence-corrected chi connectivity index (χ4v) is 4.03. The SMILES string of the molecule is Cc1ccc(N2CCC(C3NNCC3c3ccccc3)CC2)nn1. The highest BCUT2D eigenvalue weighted by Gasteiger charge is 2.36. The van der Waals surface area contributed by atoms with Gasteiger partial charge in [-0.2, -0.15) is 5.10 Å². The Bertz CT molecular complexity index is 649. The normalized spacial score (nSPS) is 25.1. The quantitative estimate of drug-likeness (QED) is 0.907. The molecule has 2 N–H and O–H groups in total. The van der Waals surface area contributed by atoms with Crippen LogP contribution in [-0.4, -0.2) is 35.9 Å². The van der Waals surface area contributed by atoms with Gasteiger partial charge in [-0.25, -0.2) is 0 Å². The zero-order valence-corrected chi connectivity index (χ0v) is 14.2. The van der Waals surface area contributed by atoms with Crippen LogP contribution in [0.5, 0.6) is 0 Å². The first-order valence-electron chi connectivity index (χ1n) is 8.90. The Morgan fingerprint density at radius 1 is 1.00 bits per heavy atom. The number of hydrogen-bond acceptors (Lipinski definition) is 5. The van der Waals surface area contributed by atoms with E-state index in [-0.39, 0.29) is 0 Å². The van der Waals surface area contributed by atoms with Gasteiger partial charge in [-0.3, -0.25) is 10.9 Å². The van der Waals surface area contributed by atoms with Gasteiger partial charge in [0.1, 0.15) is 0 Å². The number of hydrazine groups is 1. The van der Waals surface area contributed by atoms with Crippen LogP contribution in [0.3, 0.4) is 0 Å². The molecule has 1 aromatic heterocycles. The molecule has 2 aromatic rings. The zero-order chi connectivity index (χ0) is 16.4. The molecule has 0 bridgehead atoms. The lowest BCUT2D eigenvalue weighted by Gasteiger charge is -2.36. The standard InChI is InChI=1S/C19H25N5/c1-14-7-8-18(22-21-14)24-11-9-16(10-12-24)19-17(13-20-23-19)15-5-3-2-4-6-15/h2-8,16-17,19-20,23H,9-13H2,1H3. The van der Waals surface area contributed by atoms with Crippen molar-refractivity contribution < 1.29 is 0 Å². The van der Waals surface area contributed by atoms with E-state index < -0.39 is 0 Å². The Hall–Kier alpha value is -1.98. The Morgan fingerprint density at radius 3 is 2.50 bits per heavy atom. The first kappa shape index (κ1) is 15.5. The van der Waals surface area contributed by atoms with E-state index in [1.807, 2.05) is 13.0 Å². The van der Waals surface area contributed by atoms with Crippen LogP contribution in [0.15, 0.2) is 42.5 Å². The van der Waals surface area contributed by atoms with Crippen molar-refractivity contribution in [3.63, 3.8) is 0 Å². The Balaban J connectivity index is 1.41. The van der Waals surface area contributed by atoms with Crippen molar-refractivity contribution in [3.8, 4) is 0 Å². The summed E-state index contributed by atoms with van der Waals surface area (Å²) < 4.78 is 0. The highest BCUT2D eigenvalue weighted by atomic mass is 15.4. The van der Waals surface area contributed by atoms with Gasteiger partial charge in [0.2, 0.25) is 0 Å². The molecular formula is C19H25N5. The number of aryl methyl sites for hydroxylation is 1. The van der Waals surface area contributed by atoms with E-state index in [0.717, 1.165) is 31.1 Å². The minimum absolute atomic E-state index is 0.513. The lowest BCUT2D eigenvalue weighted by Crippen LogP contribution is -2.44. The monoisotopic (exact) mass is 323 g/mol. The van der Waals surface area contributed by atoms with Gasteiger partial charge in [0, 0.05) is 31.6 Å². The molecule has 0 spiro atoms. The molecule has 2 unspecified atom stereocenters. The number of benzene rings is 1. The summed E-state index contributed by atoms with van der Waals surface area (Å²) in [5, 5.41) is 8.52. The van der Waals surface area contributed by atoms with Crippen LogP contribution in [-0.2, 0) is 0 Å². The van der Waals surface area contributed by atoms with Crippen LogP contribution in [0, 0.1) is 12.8 Å². The summed E-state index contributed by atoms with van der Waals surface area (Å²) in [5.74, 6) is 2.26. The largest absolute Gasteiger partial charge is 0.355 e. The van der Waals surface area contributed by atoms with Crippen molar-refractivity contribution in [1.29, 1.82) is 0 Å². The minimum Gasteiger partial charge on any atom is -0.355 e. The number of nitrogens with zero attached hydrogens (tertiary/aromatic N) is 3. The summed E-state index contributed by atoms with van der Waals surface area (Å²) >= 11 is 0. The van der Waals surface area contributed by atoms with Gasteiger partial charge in [-0.1, -0.05) is 30.3 Å². The second-order valence-electron chi connectivity index (χ2n) is 6.93. The molecule has 2 fully saturated rings. The lowest BCUT2D eigenvalue weighted by atomic mass is 9.80. The number of aromatic nitrogens is 2. The van der Waals surface area contributed by atoms with Gasteiger partial charge in [0.25, 0.3) is 0 Å². The van der Waals surface area contributed by atoms with Crippen LogP contribution in [0.25, 0.3) is 0 Å². The van der Waals surface area contributed by atoms with Crippen LogP contribution in [0.1, 0.15) is 30.0 Å². The molecule has 3 heterocycles. The Labute approximate surface area is 143 Å². The number of nitrogens with one attached hydrogen (secondary N) is 2. The number of piperidine rings is 1. The van der Waals surface area contributed by atoms with E-state index in [1.165, 1.54) is 18.4 Å². The molecule has 0 saturated carbocycles. The fourth-order valence-electron chi connectivity index (χ4n) is 4.03. The number of anilines is 1. The molecule has 24 heavy (non-hydrogen) atoms. The second kappa shape index (κ2) is 6.87. The van der Waals surface area contributed by atoms with E-state index in [0.29, 0.717) is 17.9 Å². The lowest BCUT2D eigenvalue weighted by molar-refractivity contribution is 0.295. The van der Waals surface area contributed by atoms with Crippen molar-refractivity contribution in [2.75, 3.05) is 24.5 Å². The second-order valence-corrected chi connectivity index (χ2v) is 6.93. The van der Waals surface area contributed by atoms with Crippen LogP contribution in [0.4, 0.5) is 5.82 Å². The summed E-state index contributed by atoms with van der Waals surface area (Å²) in [7, 11) is 0. The van der Waals surface area contributed by atoms with Gasteiger partial charge >= 0.3 is 0 Å². The summed E-state index contributed by atoms with van der Waals surface area (Å²) in [6.07, 6.45) is 2.39. The predicted octanol–water partition coefficient (Wildman–Crippen LogP) is 2.26. The molecule has 0 radical (unpaired) electrons. The molecule has 0 amide bonds. The predicted molar refractivity (Wildman–Crippen MR) is 95.8 cm³/mol. The smallest absolute Gasteiger partial charge is 0.151 e. The Morgan fingerprint density at radius 2 is 1.79 bits per heavy atom. The third-order valence-corrected chi connectivity index (χ3v) is 5.41. The van der Waals surface area contributed by atoms with Crippen molar-refractivity contribution in [2.45, 2.75) is 31.7 Å². The summed E-state index contributed by atoms with van der Waals surface area (Å²) in [4.78, 5) is 2.36. The van der Waals surface area contributed by atoms with Crippen LogP contribution >= 0.6 is 0 Å². The third kappa shape index (κ3) is 3.14. The topological polar surface area (TPSA) is 53.1 Å². The summed E-state index contributed by atoms with van der Waals surface area (Å²) in [6.45, 7) is 5.11. The first-order valence-corrected chi connectivity index (χ1v) is 8.90. The molecule has 1 aromatic carbocycles. The zero-order valence-electron chi connectivity index (χ0n) is 14.2. The van der Waals surface area contributed by atoms with Gasteiger partial charge < -0.3 is 4.90 Å². The minimum atomic E-state index is 0.513. The summed E-state index contributed by atoms with van der Waals surface area (Å²) in [5.41, 5.74) is 9.33. The Kier molecular flexibility index (Phi) is 4.45. The van der Waals surface area contributed by atoms with Crippen molar-refractivity contribution in [2.24, 2.45) is 5.92 Å². The van der Waals surface area contributed by atoms with Crippen LogP contribution < -0.4 is 15.8 Å². The van der Waals surface area contributed by atoms with Gasteiger partial charge in [-0.05, 0) is 43.4 Å². The maximum absolute atomic E-state index is 4.33. The molecule has 2 aliphatic heterocycles. The maximum Gasteiger partial charge on any atom is 0.151 e. The van der Waals surface area contributed by atoms with Gasteiger partial charge in [-0.15, -0.1) is 5.10 Å². The molecule has 2 aliphatic rings. The molecule has 126 valence electrons. The van der Waals surface area contributed by atoms with Crippen molar-refractivity contribution in [1.82, 2.24) is 21.0 Å². The first-order chi connectivity index (χ1) is 11.8. The molecule has 2 atom stereocenters. The number of rotatable bonds is 3. The average Bonchev–Trinajstić information content (AvgIpc) is 3.13. The van der Waals surface area contributed by atoms with E-state index in [9.17, 15) is 0 Å². The third-order valence-electron chi connectivity index (χ3n) is 5.41. The molecule has 5 nitrogen and oxygen atoms in total. The highest BCUT2D eigenvalue weighted by molar-refractivity contribution is 5.37. The molecule has 5 heteroatoms. The maximum atomic E-state index is 4.33. The summed E-state index contributed by atoms with van der Waals surface area (Å²) in [6, 6.07) is 15.5. The molecule has 0 aliphatic carbocycles. The highest BCUT2D eigenvalue weighted by Crippen LogP contribution is 2.33. The average molecular weight is 323 g/mol. The molecular weight excluding hydrogens is 298 g/mol. The van der Waals surface area contributed by atoms with Gasteiger partial charge in [0.15, 0.2) is 5.82 Å². The van der Waals surface area contributed by atoms with E-state index in [1.54, 1.807) is 0 Å². The number of hydrogen-bond donors (Lipinski definition) is 2. The van der Waals surface area contributed by atoms with E-state index in [4.69, 9.17) is 0 Å². The molecule has 4 rings (SSSR count). The fraction of sp³-hybridized carbons (Fsp3) is 0.474. The van der Waals surface area contributed by atoms with Crippen molar-refractivity contribution in [3.05, 3.63) is 53.7 Å². The van der Waals surface area contributed by atoms with E-state index >= 15 is 0 Å².